The molecule has 0 aromatic heterocycles. The maximum absolute atomic E-state index is 12.2. The highest BCUT2D eigenvalue weighted by Crippen LogP contribution is 2.48. The van der Waals surface area contributed by atoms with Gasteiger partial charge >= 0.3 is 0 Å². The number of rotatable bonds is 5. The molecule has 0 aromatic rings. The summed E-state index contributed by atoms with van der Waals surface area (Å²) < 4.78 is 0. The fourth-order valence-corrected chi connectivity index (χ4v) is 4.45. The molecule has 1 heterocycles. The van der Waals surface area contributed by atoms with Crippen molar-refractivity contribution in [3.8, 4) is 0 Å². The number of carbonyl (C=O) groups is 2. The molecule has 21 heavy (non-hydrogen) atoms. The van der Waals surface area contributed by atoms with E-state index in [9.17, 15) is 9.59 Å². The number of carbonyl (C=O) groups excluding carboxylic acids is 2. The Morgan fingerprint density at radius 2 is 2.10 bits per heavy atom. The highest BCUT2D eigenvalue weighted by atomic mass is 16.2. The van der Waals surface area contributed by atoms with E-state index < -0.39 is 0 Å². The SMILES string of the molecule is O=C(NCCCN1CCCCCC1=O)C1CC2CCC1C2. The van der Waals surface area contributed by atoms with Crippen LogP contribution in [0.2, 0.25) is 0 Å². The van der Waals surface area contributed by atoms with Crippen molar-refractivity contribution in [2.75, 3.05) is 19.6 Å². The average Bonchev–Trinajstić information content (AvgIpc) is 3.05. The highest BCUT2D eigenvalue weighted by molar-refractivity contribution is 5.79. The summed E-state index contributed by atoms with van der Waals surface area (Å²) in [6.07, 6.45) is 9.91. The van der Waals surface area contributed by atoms with Crippen molar-refractivity contribution in [2.45, 2.75) is 57.8 Å². The molecule has 2 saturated carbocycles. The first kappa shape index (κ1) is 14.9. The number of nitrogens with one attached hydrogen (secondary N) is 1. The van der Waals surface area contributed by atoms with Gasteiger partial charge in [0.25, 0.3) is 0 Å². The van der Waals surface area contributed by atoms with Crippen molar-refractivity contribution in [1.29, 1.82) is 0 Å². The molecule has 3 rings (SSSR count). The molecular formula is C17H28N2O2. The van der Waals surface area contributed by atoms with Crippen molar-refractivity contribution in [3.05, 3.63) is 0 Å². The third-order valence-corrected chi connectivity index (χ3v) is 5.65. The molecule has 4 heteroatoms. The minimum atomic E-state index is 0.268. The average molecular weight is 292 g/mol. The van der Waals surface area contributed by atoms with Crippen LogP contribution in [0.15, 0.2) is 0 Å². The Morgan fingerprint density at radius 1 is 1.19 bits per heavy atom. The summed E-state index contributed by atoms with van der Waals surface area (Å²) in [5, 5.41) is 3.10. The quantitative estimate of drug-likeness (QED) is 0.791. The third kappa shape index (κ3) is 3.58. The van der Waals surface area contributed by atoms with Crippen LogP contribution in [0, 0.1) is 17.8 Å². The molecule has 4 nitrogen and oxygen atoms in total. The number of fused-ring (bicyclic) bond motifs is 2. The Balaban J connectivity index is 1.34. The standard InChI is InChI=1S/C17H28N2O2/c20-16-5-2-1-3-9-19(16)10-4-8-18-17(21)15-12-13-6-7-14(15)11-13/h13-15H,1-12H2,(H,18,21). The molecule has 1 N–H and O–H groups in total. The molecule has 2 aliphatic carbocycles. The third-order valence-electron chi connectivity index (χ3n) is 5.65. The molecule has 1 aliphatic heterocycles. The second kappa shape index (κ2) is 6.80. The number of likely N-dealkylation sites (tertiary alicyclic amines) is 1. The lowest BCUT2D eigenvalue weighted by molar-refractivity contribution is -0.130. The maximum Gasteiger partial charge on any atom is 0.223 e. The van der Waals surface area contributed by atoms with Crippen LogP contribution in [0.5, 0.6) is 0 Å². The molecular weight excluding hydrogens is 264 g/mol. The number of nitrogens with zero attached hydrogens (tertiary/aromatic N) is 1. The van der Waals surface area contributed by atoms with E-state index in [0.717, 1.165) is 51.2 Å². The molecule has 3 fully saturated rings. The Bertz CT molecular complexity index is 396. The van der Waals surface area contributed by atoms with Gasteiger partial charge in [-0.1, -0.05) is 12.8 Å². The number of amides is 2. The van der Waals surface area contributed by atoms with Gasteiger partial charge in [0.05, 0.1) is 0 Å². The highest BCUT2D eigenvalue weighted by Gasteiger charge is 2.42. The number of hydrogen-bond acceptors (Lipinski definition) is 2. The lowest BCUT2D eigenvalue weighted by Crippen LogP contribution is -2.37. The van der Waals surface area contributed by atoms with E-state index in [-0.39, 0.29) is 11.8 Å². The van der Waals surface area contributed by atoms with Gasteiger partial charge in [-0.2, -0.15) is 0 Å². The van der Waals surface area contributed by atoms with Crippen molar-refractivity contribution >= 4 is 11.8 Å². The smallest absolute Gasteiger partial charge is 0.223 e. The molecule has 1 saturated heterocycles. The van der Waals surface area contributed by atoms with E-state index in [4.69, 9.17) is 0 Å². The van der Waals surface area contributed by atoms with Gasteiger partial charge in [-0.25, -0.2) is 0 Å². The predicted octanol–water partition coefficient (Wildman–Crippen LogP) is 2.33. The summed E-state index contributed by atoms with van der Waals surface area (Å²) in [6.45, 7) is 2.42. The summed E-state index contributed by atoms with van der Waals surface area (Å²) in [5.41, 5.74) is 0. The largest absolute Gasteiger partial charge is 0.356 e. The molecule has 2 amide bonds. The van der Waals surface area contributed by atoms with Crippen LogP contribution in [-0.2, 0) is 9.59 Å². The molecule has 0 spiro atoms. The van der Waals surface area contributed by atoms with E-state index in [1.165, 1.54) is 25.7 Å². The number of hydrogen-bond donors (Lipinski definition) is 1. The zero-order valence-electron chi connectivity index (χ0n) is 13.0. The van der Waals surface area contributed by atoms with E-state index in [1.807, 2.05) is 4.90 Å². The fourth-order valence-electron chi connectivity index (χ4n) is 4.45. The van der Waals surface area contributed by atoms with Crippen LogP contribution in [0.3, 0.4) is 0 Å². The molecule has 0 radical (unpaired) electrons. The minimum absolute atomic E-state index is 0.268. The van der Waals surface area contributed by atoms with Crippen LogP contribution >= 0.6 is 0 Å². The van der Waals surface area contributed by atoms with Crippen molar-refractivity contribution in [1.82, 2.24) is 10.2 Å². The Morgan fingerprint density at radius 3 is 2.86 bits per heavy atom. The Kier molecular flexibility index (Phi) is 4.81. The molecule has 2 bridgehead atoms. The van der Waals surface area contributed by atoms with E-state index in [2.05, 4.69) is 5.32 Å². The van der Waals surface area contributed by atoms with Gasteiger partial charge in [-0.3, -0.25) is 9.59 Å². The molecule has 118 valence electrons. The summed E-state index contributed by atoms with van der Waals surface area (Å²) in [5.74, 6) is 2.32. The molecule has 0 aromatic carbocycles. The Hall–Kier alpha value is -1.06. The predicted molar refractivity (Wildman–Crippen MR) is 81.6 cm³/mol. The van der Waals surface area contributed by atoms with Gasteiger partial charge in [-0.15, -0.1) is 0 Å². The minimum Gasteiger partial charge on any atom is -0.356 e. The van der Waals surface area contributed by atoms with E-state index >= 15 is 0 Å². The second-order valence-electron chi connectivity index (χ2n) is 7.12. The zero-order valence-corrected chi connectivity index (χ0v) is 13.0. The van der Waals surface area contributed by atoms with Gasteiger partial charge in [0.1, 0.15) is 0 Å². The van der Waals surface area contributed by atoms with Gasteiger partial charge in [-0.05, 0) is 50.4 Å². The fraction of sp³-hybridized carbons (Fsp3) is 0.882. The van der Waals surface area contributed by atoms with Crippen molar-refractivity contribution < 1.29 is 9.59 Å². The Labute approximate surface area is 127 Å². The second-order valence-corrected chi connectivity index (χ2v) is 7.12. The first-order valence-corrected chi connectivity index (χ1v) is 8.79. The molecule has 3 atom stereocenters. The molecule has 3 aliphatic rings. The summed E-state index contributed by atoms with van der Waals surface area (Å²) >= 11 is 0. The maximum atomic E-state index is 12.2. The van der Waals surface area contributed by atoms with E-state index in [0.29, 0.717) is 18.2 Å². The monoisotopic (exact) mass is 292 g/mol. The van der Waals surface area contributed by atoms with Gasteiger partial charge in [0, 0.05) is 32.0 Å². The van der Waals surface area contributed by atoms with Crippen LogP contribution in [-0.4, -0.2) is 36.3 Å². The van der Waals surface area contributed by atoms with Crippen LogP contribution in [0.25, 0.3) is 0 Å². The molecule has 3 unspecified atom stereocenters. The topological polar surface area (TPSA) is 49.4 Å². The van der Waals surface area contributed by atoms with Gasteiger partial charge < -0.3 is 10.2 Å². The normalized spacial score (nSPS) is 32.3. The van der Waals surface area contributed by atoms with Crippen molar-refractivity contribution in [2.24, 2.45) is 17.8 Å². The van der Waals surface area contributed by atoms with Crippen LogP contribution in [0.4, 0.5) is 0 Å². The zero-order chi connectivity index (χ0) is 14.7. The van der Waals surface area contributed by atoms with Crippen LogP contribution in [0.1, 0.15) is 57.8 Å². The lowest BCUT2D eigenvalue weighted by Gasteiger charge is -2.22. The van der Waals surface area contributed by atoms with Crippen molar-refractivity contribution in [3.63, 3.8) is 0 Å². The summed E-state index contributed by atoms with van der Waals surface area (Å²) in [4.78, 5) is 26.1. The van der Waals surface area contributed by atoms with E-state index in [1.54, 1.807) is 0 Å². The van der Waals surface area contributed by atoms with Gasteiger partial charge in [0.2, 0.25) is 11.8 Å². The lowest BCUT2D eigenvalue weighted by atomic mass is 9.88. The first-order chi connectivity index (χ1) is 10.2. The van der Waals surface area contributed by atoms with Gasteiger partial charge in [0.15, 0.2) is 0 Å². The first-order valence-electron chi connectivity index (χ1n) is 8.79. The summed E-state index contributed by atoms with van der Waals surface area (Å²) in [6, 6.07) is 0. The van der Waals surface area contributed by atoms with Crippen LogP contribution < -0.4 is 5.32 Å². The summed E-state index contributed by atoms with van der Waals surface area (Å²) in [7, 11) is 0.